The van der Waals surface area contributed by atoms with E-state index in [1.165, 1.54) is 13.2 Å². The maximum atomic E-state index is 13.8. The number of nitrogens with two attached hydrogens (primary N) is 1. The number of nitrogens with zero attached hydrogens (tertiary/aromatic N) is 1. The number of benzene rings is 2. The van der Waals surface area contributed by atoms with Crippen molar-refractivity contribution in [2.45, 2.75) is 19.9 Å². The predicted octanol–water partition coefficient (Wildman–Crippen LogP) is 2.78. The van der Waals surface area contributed by atoms with E-state index in [-0.39, 0.29) is 11.7 Å². The maximum absolute atomic E-state index is 13.8. The van der Waals surface area contributed by atoms with Gasteiger partial charge >= 0.3 is 0 Å². The van der Waals surface area contributed by atoms with Crippen LogP contribution < -0.4 is 15.8 Å². The van der Waals surface area contributed by atoms with Crippen molar-refractivity contribution in [2.75, 3.05) is 25.5 Å². The maximum Gasteiger partial charge on any atom is 0.248 e. The van der Waals surface area contributed by atoms with Gasteiger partial charge in [-0.3, -0.25) is 14.5 Å². The second-order valence-electron chi connectivity index (χ2n) is 6.08. The van der Waals surface area contributed by atoms with Gasteiger partial charge in [0.15, 0.2) is 11.6 Å². The zero-order valence-corrected chi connectivity index (χ0v) is 15.5. The van der Waals surface area contributed by atoms with E-state index in [1.807, 2.05) is 13.0 Å². The summed E-state index contributed by atoms with van der Waals surface area (Å²) in [4.78, 5) is 25.2. The minimum absolute atomic E-state index is 0.138. The molecule has 2 amide bonds. The lowest BCUT2D eigenvalue weighted by Crippen LogP contribution is -2.27. The SMILES string of the molecule is CCN(CCC(=O)Nc1ccc(C(N)=O)cc1)Cc1ccc(OC)c(F)c1. The second kappa shape index (κ2) is 9.68. The summed E-state index contributed by atoms with van der Waals surface area (Å²) < 4.78 is 18.7. The van der Waals surface area contributed by atoms with E-state index in [2.05, 4.69) is 10.2 Å². The lowest BCUT2D eigenvalue weighted by molar-refractivity contribution is -0.116. The van der Waals surface area contributed by atoms with Crippen molar-refractivity contribution in [3.63, 3.8) is 0 Å². The first-order chi connectivity index (χ1) is 12.9. The van der Waals surface area contributed by atoms with Gasteiger partial charge in [0, 0.05) is 30.8 Å². The van der Waals surface area contributed by atoms with Crippen LogP contribution in [0.15, 0.2) is 42.5 Å². The quantitative estimate of drug-likeness (QED) is 0.708. The van der Waals surface area contributed by atoms with Crippen molar-refractivity contribution < 1.29 is 18.7 Å². The number of anilines is 1. The van der Waals surface area contributed by atoms with Crippen LogP contribution in [-0.2, 0) is 11.3 Å². The molecule has 2 aromatic rings. The Labute approximate surface area is 158 Å². The molecule has 0 unspecified atom stereocenters. The smallest absolute Gasteiger partial charge is 0.248 e. The molecule has 0 spiro atoms. The summed E-state index contributed by atoms with van der Waals surface area (Å²) in [5.74, 6) is -0.839. The number of halogens is 1. The molecule has 0 heterocycles. The second-order valence-corrected chi connectivity index (χ2v) is 6.08. The number of ether oxygens (including phenoxy) is 1. The highest BCUT2D eigenvalue weighted by molar-refractivity contribution is 5.94. The Morgan fingerprint density at radius 1 is 1.19 bits per heavy atom. The monoisotopic (exact) mass is 373 g/mol. The molecule has 7 heteroatoms. The predicted molar refractivity (Wildman–Crippen MR) is 102 cm³/mol. The highest BCUT2D eigenvalue weighted by atomic mass is 19.1. The summed E-state index contributed by atoms with van der Waals surface area (Å²) in [5.41, 5.74) is 6.99. The summed E-state index contributed by atoms with van der Waals surface area (Å²) in [6, 6.07) is 11.3. The van der Waals surface area contributed by atoms with Crippen molar-refractivity contribution >= 4 is 17.5 Å². The molecule has 0 aliphatic rings. The van der Waals surface area contributed by atoms with Gasteiger partial charge in [-0.15, -0.1) is 0 Å². The Bertz CT molecular complexity index is 794. The van der Waals surface area contributed by atoms with Gasteiger partial charge in [0.2, 0.25) is 11.8 Å². The zero-order chi connectivity index (χ0) is 19.8. The lowest BCUT2D eigenvalue weighted by atomic mass is 10.2. The minimum Gasteiger partial charge on any atom is -0.494 e. The van der Waals surface area contributed by atoms with E-state index in [1.54, 1.807) is 30.3 Å². The fraction of sp³-hybridized carbons (Fsp3) is 0.300. The number of methoxy groups -OCH3 is 1. The normalized spacial score (nSPS) is 10.7. The van der Waals surface area contributed by atoms with Crippen LogP contribution in [0.3, 0.4) is 0 Å². The summed E-state index contributed by atoms with van der Waals surface area (Å²) in [5, 5.41) is 2.78. The van der Waals surface area contributed by atoms with Gasteiger partial charge in [-0.2, -0.15) is 0 Å². The Morgan fingerprint density at radius 2 is 1.89 bits per heavy atom. The van der Waals surface area contributed by atoms with E-state index in [4.69, 9.17) is 10.5 Å². The Kier molecular flexibility index (Phi) is 7.31. The minimum atomic E-state index is -0.513. The Hall–Kier alpha value is -2.93. The van der Waals surface area contributed by atoms with Gasteiger partial charge in [-0.05, 0) is 48.5 Å². The molecule has 27 heavy (non-hydrogen) atoms. The van der Waals surface area contributed by atoms with Crippen molar-refractivity contribution in [2.24, 2.45) is 5.73 Å². The molecule has 0 aromatic heterocycles. The average Bonchev–Trinajstić information content (AvgIpc) is 2.65. The first-order valence-electron chi connectivity index (χ1n) is 8.67. The highest BCUT2D eigenvalue weighted by Gasteiger charge is 2.10. The number of hydrogen-bond acceptors (Lipinski definition) is 4. The third-order valence-electron chi connectivity index (χ3n) is 4.18. The number of hydrogen-bond donors (Lipinski definition) is 2. The van der Waals surface area contributed by atoms with Crippen molar-refractivity contribution in [3.8, 4) is 5.75 Å². The van der Waals surface area contributed by atoms with Crippen LogP contribution in [0.4, 0.5) is 10.1 Å². The van der Waals surface area contributed by atoms with Crippen molar-refractivity contribution in [3.05, 3.63) is 59.4 Å². The number of nitrogens with one attached hydrogen (secondary N) is 1. The van der Waals surface area contributed by atoms with Crippen LogP contribution in [0.5, 0.6) is 5.75 Å². The van der Waals surface area contributed by atoms with Gasteiger partial charge in [0.05, 0.1) is 7.11 Å². The number of carbonyl (C=O) groups is 2. The first-order valence-corrected chi connectivity index (χ1v) is 8.67. The number of rotatable bonds is 9. The van der Waals surface area contributed by atoms with Crippen LogP contribution in [0, 0.1) is 5.82 Å². The summed E-state index contributed by atoms with van der Waals surface area (Å²) in [6.07, 6.45) is 0.296. The van der Waals surface area contributed by atoms with Crippen LogP contribution >= 0.6 is 0 Å². The molecule has 0 aliphatic heterocycles. The number of primary amides is 1. The largest absolute Gasteiger partial charge is 0.494 e. The molecule has 0 saturated heterocycles. The molecule has 0 aliphatic carbocycles. The zero-order valence-electron chi connectivity index (χ0n) is 15.5. The average molecular weight is 373 g/mol. The molecule has 0 radical (unpaired) electrons. The first kappa shape index (κ1) is 20.4. The van der Waals surface area contributed by atoms with Crippen molar-refractivity contribution in [1.82, 2.24) is 4.90 Å². The van der Waals surface area contributed by atoms with E-state index < -0.39 is 11.7 Å². The van der Waals surface area contributed by atoms with E-state index in [9.17, 15) is 14.0 Å². The molecule has 0 bridgehead atoms. The van der Waals surface area contributed by atoms with Gasteiger partial charge in [0.25, 0.3) is 0 Å². The molecule has 0 saturated carbocycles. The van der Waals surface area contributed by atoms with Gasteiger partial charge in [-0.1, -0.05) is 13.0 Å². The van der Waals surface area contributed by atoms with E-state index >= 15 is 0 Å². The fourth-order valence-electron chi connectivity index (χ4n) is 2.62. The molecule has 6 nitrogen and oxygen atoms in total. The van der Waals surface area contributed by atoms with Gasteiger partial charge in [0.1, 0.15) is 0 Å². The molecule has 2 aromatic carbocycles. The summed E-state index contributed by atoms with van der Waals surface area (Å²) in [7, 11) is 1.43. The molecule has 2 rings (SSSR count). The molecule has 0 atom stereocenters. The van der Waals surface area contributed by atoms with Crippen LogP contribution in [0.1, 0.15) is 29.3 Å². The molecular formula is C20H24FN3O3. The number of amides is 2. The van der Waals surface area contributed by atoms with Gasteiger partial charge in [-0.25, -0.2) is 4.39 Å². The van der Waals surface area contributed by atoms with Crippen LogP contribution in [-0.4, -0.2) is 36.9 Å². The van der Waals surface area contributed by atoms with Gasteiger partial charge < -0.3 is 15.8 Å². The molecular weight excluding hydrogens is 349 g/mol. The highest BCUT2D eigenvalue weighted by Crippen LogP contribution is 2.18. The topological polar surface area (TPSA) is 84.7 Å². The number of carbonyl (C=O) groups excluding carboxylic acids is 2. The molecule has 0 fully saturated rings. The summed E-state index contributed by atoms with van der Waals surface area (Å²) in [6.45, 7) is 3.79. The Morgan fingerprint density at radius 3 is 2.44 bits per heavy atom. The third-order valence-corrected chi connectivity index (χ3v) is 4.18. The molecule has 144 valence electrons. The van der Waals surface area contributed by atoms with Crippen LogP contribution in [0.25, 0.3) is 0 Å². The summed E-state index contributed by atoms with van der Waals surface area (Å²) >= 11 is 0. The lowest BCUT2D eigenvalue weighted by Gasteiger charge is -2.20. The fourth-order valence-corrected chi connectivity index (χ4v) is 2.62. The van der Waals surface area contributed by atoms with E-state index in [0.717, 1.165) is 12.1 Å². The standard InChI is InChI=1S/C20H24FN3O3/c1-3-24(13-14-4-9-18(27-2)17(21)12-14)11-10-19(25)23-16-7-5-15(6-8-16)20(22)26/h4-9,12H,3,10-11,13H2,1-2H3,(H2,22,26)(H,23,25). The van der Waals surface area contributed by atoms with E-state index in [0.29, 0.717) is 30.8 Å². The third kappa shape index (κ3) is 6.07. The molecule has 3 N–H and O–H groups in total. The van der Waals surface area contributed by atoms with Crippen molar-refractivity contribution in [1.29, 1.82) is 0 Å². The van der Waals surface area contributed by atoms with Crippen LogP contribution in [0.2, 0.25) is 0 Å². The Balaban J connectivity index is 1.86.